The van der Waals surface area contributed by atoms with Crippen molar-refractivity contribution < 1.29 is 0 Å². The highest BCUT2D eigenvalue weighted by atomic mass is 15.3. The topological polar surface area (TPSA) is 58.3 Å². The number of piperazine rings is 1. The van der Waals surface area contributed by atoms with Crippen molar-refractivity contribution in [3.63, 3.8) is 0 Å². The standard InChI is InChI=1S/C10H17N5/c1-8-7-14(2)5-6-15(8)10-12-4-3-9(11)13-10/h3-4,8H,5-7H2,1-2H3,(H2,11,12,13)/t8-/m1/s1. The number of aromatic nitrogens is 2. The molecule has 0 unspecified atom stereocenters. The fourth-order valence-electron chi connectivity index (χ4n) is 1.94. The Balaban J connectivity index is 2.17. The maximum Gasteiger partial charge on any atom is 0.227 e. The van der Waals surface area contributed by atoms with Gasteiger partial charge in [-0.15, -0.1) is 0 Å². The molecule has 1 aromatic rings. The molecule has 0 bridgehead atoms. The second kappa shape index (κ2) is 4.02. The highest BCUT2D eigenvalue weighted by Crippen LogP contribution is 2.15. The van der Waals surface area contributed by atoms with E-state index in [0.717, 1.165) is 25.6 Å². The molecule has 1 saturated heterocycles. The maximum atomic E-state index is 5.65. The molecule has 1 aliphatic rings. The second-order valence-corrected chi connectivity index (χ2v) is 4.09. The van der Waals surface area contributed by atoms with E-state index in [1.165, 1.54) is 0 Å². The monoisotopic (exact) mass is 207 g/mol. The molecule has 1 aliphatic heterocycles. The van der Waals surface area contributed by atoms with Gasteiger partial charge in [0.25, 0.3) is 0 Å². The van der Waals surface area contributed by atoms with Crippen molar-refractivity contribution in [2.45, 2.75) is 13.0 Å². The van der Waals surface area contributed by atoms with Gasteiger partial charge in [-0.3, -0.25) is 0 Å². The zero-order valence-corrected chi connectivity index (χ0v) is 9.22. The molecular formula is C10H17N5. The Hall–Kier alpha value is -1.36. The van der Waals surface area contributed by atoms with E-state index < -0.39 is 0 Å². The number of nitrogen functional groups attached to an aromatic ring is 1. The number of nitrogens with zero attached hydrogens (tertiary/aromatic N) is 4. The van der Waals surface area contributed by atoms with Gasteiger partial charge in [0.05, 0.1) is 0 Å². The van der Waals surface area contributed by atoms with E-state index in [-0.39, 0.29) is 0 Å². The number of nitrogens with two attached hydrogens (primary N) is 1. The van der Waals surface area contributed by atoms with E-state index in [4.69, 9.17) is 5.73 Å². The zero-order valence-electron chi connectivity index (χ0n) is 9.22. The molecule has 0 aliphatic carbocycles. The molecule has 0 amide bonds. The lowest BCUT2D eigenvalue weighted by Crippen LogP contribution is -2.51. The summed E-state index contributed by atoms with van der Waals surface area (Å²) in [5.41, 5.74) is 5.65. The number of rotatable bonds is 1. The molecule has 1 fully saturated rings. The number of hydrogen-bond acceptors (Lipinski definition) is 5. The van der Waals surface area contributed by atoms with E-state index in [9.17, 15) is 0 Å². The van der Waals surface area contributed by atoms with Gasteiger partial charge in [-0.25, -0.2) is 4.98 Å². The Morgan fingerprint density at radius 1 is 1.47 bits per heavy atom. The van der Waals surface area contributed by atoms with E-state index in [1.807, 2.05) is 0 Å². The number of hydrogen-bond donors (Lipinski definition) is 1. The Morgan fingerprint density at radius 2 is 2.27 bits per heavy atom. The Labute approximate surface area is 89.9 Å². The van der Waals surface area contributed by atoms with E-state index in [2.05, 4.69) is 33.7 Å². The largest absolute Gasteiger partial charge is 0.384 e. The molecule has 0 aromatic carbocycles. The van der Waals surface area contributed by atoms with Crippen molar-refractivity contribution in [1.29, 1.82) is 0 Å². The predicted octanol–water partition coefficient (Wildman–Crippen LogP) is 0.199. The molecule has 2 N–H and O–H groups in total. The van der Waals surface area contributed by atoms with Crippen molar-refractivity contribution in [1.82, 2.24) is 14.9 Å². The third-order valence-corrected chi connectivity index (χ3v) is 2.75. The first kappa shape index (κ1) is 10.2. The van der Waals surface area contributed by atoms with Crippen LogP contribution in [-0.2, 0) is 0 Å². The first-order valence-corrected chi connectivity index (χ1v) is 5.20. The molecular weight excluding hydrogens is 190 g/mol. The van der Waals surface area contributed by atoms with Crippen LogP contribution in [0.3, 0.4) is 0 Å². The SMILES string of the molecule is C[C@@H]1CN(C)CCN1c1nccc(N)n1. The molecule has 0 spiro atoms. The molecule has 5 nitrogen and oxygen atoms in total. The normalized spacial score (nSPS) is 23.1. The van der Waals surface area contributed by atoms with Crippen molar-refractivity contribution in [3.8, 4) is 0 Å². The van der Waals surface area contributed by atoms with Crippen molar-refractivity contribution >= 4 is 11.8 Å². The van der Waals surface area contributed by atoms with Crippen LogP contribution in [0.4, 0.5) is 11.8 Å². The third-order valence-electron chi connectivity index (χ3n) is 2.75. The lowest BCUT2D eigenvalue weighted by molar-refractivity contribution is 0.273. The van der Waals surface area contributed by atoms with Crippen LogP contribution in [0.15, 0.2) is 12.3 Å². The lowest BCUT2D eigenvalue weighted by Gasteiger charge is -2.38. The van der Waals surface area contributed by atoms with Crippen LogP contribution < -0.4 is 10.6 Å². The van der Waals surface area contributed by atoms with Crippen LogP contribution in [0.2, 0.25) is 0 Å². The van der Waals surface area contributed by atoms with Gasteiger partial charge in [-0.2, -0.15) is 4.98 Å². The van der Waals surface area contributed by atoms with Crippen LogP contribution in [-0.4, -0.2) is 47.6 Å². The van der Waals surface area contributed by atoms with Crippen LogP contribution in [0.1, 0.15) is 6.92 Å². The minimum Gasteiger partial charge on any atom is -0.384 e. The maximum absolute atomic E-state index is 5.65. The van der Waals surface area contributed by atoms with Crippen LogP contribution in [0.5, 0.6) is 0 Å². The van der Waals surface area contributed by atoms with Gasteiger partial charge in [-0.1, -0.05) is 0 Å². The first-order chi connectivity index (χ1) is 7.16. The molecule has 0 radical (unpaired) electrons. The average molecular weight is 207 g/mol. The Kier molecular flexibility index (Phi) is 2.73. The summed E-state index contributed by atoms with van der Waals surface area (Å²) in [6.07, 6.45) is 1.71. The van der Waals surface area contributed by atoms with Crippen molar-refractivity contribution in [2.24, 2.45) is 0 Å². The number of likely N-dealkylation sites (N-methyl/N-ethyl adjacent to an activating group) is 1. The van der Waals surface area contributed by atoms with Crippen LogP contribution >= 0.6 is 0 Å². The molecule has 1 aromatic heterocycles. The van der Waals surface area contributed by atoms with Gasteiger partial charge in [0.15, 0.2) is 0 Å². The molecule has 2 heterocycles. The van der Waals surface area contributed by atoms with Crippen LogP contribution in [0, 0.1) is 0 Å². The highest BCUT2D eigenvalue weighted by Gasteiger charge is 2.23. The van der Waals surface area contributed by atoms with E-state index >= 15 is 0 Å². The lowest BCUT2D eigenvalue weighted by atomic mass is 10.2. The first-order valence-electron chi connectivity index (χ1n) is 5.20. The van der Waals surface area contributed by atoms with Crippen molar-refractivity contribution in [3.05, 3.63) is 12.3 Å². The average Bonchev–Trinajstić information content (AvgIpc) is 2.17. The highest BCUT2D eigenvalue weighted by molar-refractivity contribution is 5.39. The predicted molar refractivity (Wildman–Crippen MR) is 60.7 cm³/mol. The molecule has 15 heavy (non-hydrogen) atoms. The summed E-state index contributed by atoms with van der Waals surface area (Å²) in [7, 11) is 2.13. The molecule has 82 valence electrons. The van der Waals surface area contributed by atoms with Gasteiger partial charge >= 0.3 is 0 Å². The summed E-state index contributed by atoms with van der Waals surface area (Å²) >= 11 is 0. The van der Waals surface area contributed by atoms with Gasteiger partial charge in [0.1, 0.15) is 5.82 Å². The summed E-state index contributed by atoms with van der Waals surface area (Å²) in [6.45, 7) is 5.23. The molecule has 5 heteroatoms. The fraction of sp³-hybridized carbons (Fsp3) is 0.600. The summed E-state index contributed by atoms with van der Waals surface area (Å²) in [5.74, 6) is 1.28. The minimum atomic E-state index is 0.436. The van der Waals surface area contributed by atoms with Crippen molar-refractivity contribution in [2.75, 3.05) is 37.3 Å². The summed E-state index contributed by atoms with van der Waals surface area (Å²) in [6, 6.07) is 2.15. The van der Waals surface area contributed by atoms with Gasteiger partial charge < -0.3 is 15.5 Å². The van der Waals surface area contributed by atoms with Crippen LogP contribution in [0.25, 0.3) is 0 Å². The van der Waals surface area contributed by atoms with E-state index in [0.29, 0.717) is 11.9 Å². The zero-order chi connectivity index (χ0) is 10.8. The Morgan fingerprint density at radius 3 is 2.93 bits per heavy atom. The summed E-state index contributed by atoms with van der Waals surface area (Å²) in [5, 5.41) is 0. The molecule has 0 saturated carbocycles. The Bertz CT molecular complexity index is 340. The number of anilines is 2. The van der Waals surface area contributed by atoms with Gasteiger partial charge in [-0.05, 0) is 20.0 Å². The summed E-state index contributed by atoms with van der Waals surface area (Å²) < 4.78 is 0. The third kappa shape index (κ3) is 2.18. The van der Waals surface area contributed by atoms with Gasteiger partial charge in [0, 0.05) is 31.9 Å². The molecule has 2 rings (SSSR count). The molecule has 1 atom stereocenters. The van der Waals surface area contributed by atoms with E-state index in [1.54, 1.807) is 12.3 Å². The van der Waals surface area contributed by atoms with Gasteiger partial charge in [0.2, 0.25) is 5.95 Å². The summed E-state index contributed by atoms with van der Waals surface area (Å²) in [4.78, 5) is 13.0. The fourth-order valence-corrected chi connectivity index (χ4v) is 1.94. The minimum absolute atomic E-state index is 0.436. The smallest absolute Gasteiger partial charge is 0.227 e. The second-order valence-electron chi connectivity index (χ2n) is 4.09. The quantitative estimate of drug-likeness (QED) is 0.713.